The fourth-order valence-electron chi connectivity index (χ4n) is 2.49. The molecule has 1 heterocycles. The van der Waals surface area contributed by atoms with Crippen molar-refractivity contribution in [2.24, 2.45) is 5.10 Å². The predicted molar refractivity (Wildman–Crippen MR) is 89.9 cm³/mol. The van der Waals surface area contributed by atoms with Gasteiger partial charge in [-0.15, -0.1) is 0 Å². The second kappa shape index (κ2) is 7.41. The van der Waals surface area contributed by atoms with Gasteiger partial charge in [0.1, 0.15) is 12.2 Å². The van der Waals surface area contributed by atoms with E-state index in [2.05, 4.69) is 10.4 Å². The van der Waals surface area contributed by atoms with E-state index in [-0.39, 0.29) is 5.91 Å². The Morgan fingerprint density at radius 2 is 2.00 bits per heavy atom. The number of aliphatic carboxylic acids is 1. The first-order valence-electron chi connectivity index (χ1n) is 7.58. The average Bonchev–Trinajstić information content (AvgIpc) is 2.96. The van der Waals surface area contributed by atoms with Crippen molar-refractivity contribution in [2.45, 2.75) is 25.6 Å². The van der Waals surface area contributed by atoms with Gasteiger partial charge in [-0.3, -0.25) is 14.9 Å². The van der Waals surface area contributed by atoms with Crippen LogP contribution in [0.3, 0.4) is 0 Å². The number of nitrogens with zero attached hydrogens (tertiary/aromatic N) is 3. The van der Waals surface area contributed by atoms with Gasteiger partial charge in [-0.1, -0.05) is 12.1 Å². The maximum Gasteiger partial charge on any atom is 0.323 e. The van der Waals surface area contributed by atoms with Crippen molar-refractivity contribution in [3.8, 4) is 0 Å². The number of hydrogen-bond donors (Lipinski definition) is 3. The van der Waals surface area contributed by atoms with Crippen molar-refractivity contribution in [2.75, 3.05) is 25.6 Å². The number of benzene rings is 1. The third-order valence-electron chi connectivity index (χ3n) is 3.82. The van der Waals surface area contributed by atoms with Crippen LogP contribution in [0.5, 0.6) is 0 Å². The van der Waals surface area contributed by atoms with Crippen molar-refractivity contribution in [3.05, 3.63) is 29.8 Å². The van der Waals surface area contributed by atoms with Crippen LogP contribution >= 0.6 is 0 Å². The summed E-state index contributed by atoms with van der Waals surface area (Å²) in [5.41, 5.74) is 2.60. The van der Waals surface area contributed by atoms with Crippen molar-refractivity contribution in [1.29, 1.82) is 0 Å². The molecule has 1 aromatic carbocycles. The number of carboxylic acid groups (broad SMARTS) is 1. The zero-order valence-electron chi connectivity index (χ0n) is 13.9. The highest BCUT2D eigenvalue weighted by molar-refractivity contribution is 6.03. The molecule has 0 aliphatic carbocycles. The van der Waals surface area contributed by atoms with Gasteiger partial charge in [-0.2, -0.15) is 5.10 Å². The van der Waals surface area contributed by atoms with Crippen LogP contribution in [0.25, 0.3) is 0 Å². The summed E-state index contributed by atoms with van der Waals surface area (Å²) in [5, 5.41) is 26.5. The minimum Gasteiger partial charge on any atom is -0.480 e. The molecular formula is C16H22N4O4. The molecule has 130 valence electrons. The molecule has 0 bridgehead atoms. The van der Waals surface area contributed by atoms with Crippen LogP contribution in [0.15, 0.2) is 29.4 Å². The van der Waals surface area contributed by atoms with Crippen LogP contribution in [-0.2, 0) is 9.59 Å². The van der Waals surface area contributed by atoms with Gasteiger partial charge in [0.05, 0.1) is 12.3 Å². The maximum atomic E-state index is 11.8. The zero-order valence-corrected chi connectivity index (χ0v) is 13.9. The maximum absolute atomic E-state index is 11.8. The number of amides is 1. The molecular weight excluding hydrogens is 312 g/mol. The molecule has 0 aromatic heterocycles. The highest BCUT2D eigenvalue weighted by Gasteiger charge is 2.33. The standard InChI is InChI=1S/C16H22N4O4/c1-10(22)20-15(17-14(9-21)16(23)24)8-13(18-20)11-4-6-12(7-5-11)19(2)3/h4-7,14-15,17,21H,8-9H2,1-3H3,(H,23,24). The Hall–Kier alpha value is -2.45. The van der Waals surface area contributed by atoms with Crippen LogP contribution in [-0.4, -0.2) is 65.7 Å². The number of carboxylic acids is 1. The van der Waals surface area contributed by atoms with E-state index < -0.39 is 24.8 Å². The van der Waals surface area contributed by atoms with Crippen LogP contribution in [0.2, 0.25) is 0 Å². The Bertz CT molecular complexity index is 642. The second-order valence-corrected chi connectivity index (χ2v) is 5.81. The van der Waals surface area contributed by atoms with E-state index in [1.807, 2.05) is 43.3 Å². The quantitative estimate of drug-likeness (QED) is 0.680. The number of carbonyl (C=O) groups is 2. The predicted octanol–water partition coefficient (Wildman–Crippen LogP) is 0.0701. The van der Waals surface area contributed by atoms with E-state index in [4.69, 9.17) is 10.2 Å². The van der Waals surface area contributed by atoms with Crippen molar-refractivity contribution < 1.29 is 19.8 Å². The Morgan fingerprint density at radius 3 is 2.46 bits per heavy atom. The number of carbonyl (C=O) groups excluding carboxylic acids is 1. The summed E-state index contributed by atoms with van der Waals surface area (Å²) in [5.74, 6) is -1.47. The Kier molecular flexibility index (Phi) is 5.53. The average molecular weight is 334 g/mol. The van der Waals surface area contributed by atoms with E-state index in [9.17, 15) is 9.59 Å². The summed E-state index contributed by atoms with van der Waals surface area (Å²) in [4.78, 5) is 24.8. The van der Waals surface area contributed by atoms with E-state index in [0.29, 0.717) is 12.1 Å². The Balaban J connectivity index is 2.19. The number of nitrogens with one attached hydrogen (secondary N) is 1. The van der Waals surface area contributed by atoms with E-state index >= 15 is 0 Å². The fraction of sp³-hybridized carbons (Fsp3) is 0.438. The van der Waals surface area contributed by atoms with Gasteiger partial charge >= 0.3 is 5.97 Å². The molecule has 8 nitrogen and oxygen atoms in total. The van der Waals surface area contributed by atoms with Gasteiger partial charge in [-0.25, -0.2) is 5.01 Å². The highest BCUT2D eigenvalue weighted by Crippen LogP contribution is 2.21. The molecule has 1 aromatic rings. The number of hydrazone groups is 1. The largest absolute Gasteiger partial charge is 0.480 e. The first kappa shape index (κ1) is 17.9. The number of hydrogen-bond acceptors (Lipinski definition) is 6. The summed E-state index contributed by atoms with van der Waals surface area (Å²) in [6.45, 7) is 0.801. The third-order valence-corrected chi connectivity index (χ3v) is 3.82. The number of anilines is 1. The van der Waals surface area contributed by atoms with Gasteiger partial charge in [0, 0.05) is 33.1 Å². The summed E-state index contributed by atoms with van der Waals surface area (Å²) < 4.78 is 0. The number of aliphatic hydroxyl groups is 1. The van der Waals surface area contributed by atoms with Gasteiger partial charge in [0.2, 0.25) is 5.91 Å². The van der Waals surface area contributed by atoms with Gasteiger partial charge < -0.3 is 15.1 Å². The molecule has 0 spiro atoms. The first-order chi connectivity index (χ1) is 11.3. The molecule has 2 atom stereocenters. The summed E-state index contributed by atoms with van der Waals surface area (Å²) in [6.07, 6.45) is -0.232. The lowest BCUT2D eigenvalue weighted by molar-refractivity contribution is -0.142. The lowest BCUT2D eigenvalue weighted by Gasteiger charge is -2.24. The monoisotopic (exact) mass is 334 g/mol. The van der Waals surface area contributed by atoms with Crippen molar-refractivity contribution in [3.63, 3.8) is 0 Å². The van der Waals surface area contributed by atoms with E-state index in [1.54, 1.807) is 0 Å². The van der Waals surface area contributed by atoms with E-state index in [1.165, 1.54) is 11.9 Å². The third kappa shape index (κ3) is 3.90. The van der Waals surface area contributed by atoms with Gasteiger partial charge in [-0.05, 0) is 17.7 Å². The van der Waals surface area contributed by atoms with Crippen LogP contribution in [0.4, 0.5) is 5.69 Å². The minimum atomic E-state index is -1.18. The Labute approximate surface area is 140 Å². The molecule has 1 aliphatic rings. The first-order valence-corrected chi connectivity index (χ1v) is 7.58. The topological polar surface area (TPSA) is 105 Å². The second-order valence-electron chi connectivity index (χ2n) is 5.81. The molecule has 1 aliphatic heterocycles. The van der Waals surface area contributed by atoms with Crippen molar-refractivity contribution >= 4 is 23.3 Å². The molecule has 8 heteroatoms. The van der Waals surface area contributed by atoms with Crippen LogP contribution in [0, 0.1) is 0 Å². The number of rotatable bonds is 6. The molecule has 24 heavy (non-hydrogen) atoms. The molecule has 0 saturated heterocycles. The molecule has 2 rings (SSSR count). The molecule has 0 radical (unpaired) electrons. The normalized spacial score (nSPS) is 18.2. The van der Waals surface area contributed by atoms with Crippen molar-refractivity contribution in [1.82, 2.24) is 10.3 Å². The lowest BCUT2D eigenvalue weighted by Crippen LogP contribution is -2.51. The summed E-state index contributed by atoms with van der Waals surface area (Å²) in [7, 11) is 3.89. The summed E-state index contributed by atoms with van der Waals surface area (Å²) in [6, 6.07) is 6.57. The molecule has 3 N–H and O–H groups in total. The molecule has 0 saturated carbocycles. The molecule has 0 fully saturated rings. The highest BCUT2D eigenvalue weighted by atomic mass is 16.4. The number of aliphatic hydroxyl groups excluding tert-OH is 1. The minimum absolute atomic E-state index is 0.297. The lowest BCUT2D eigenvalue weighted by atomic mass is 10.1. The van der Waals surface area contributed by atoms with Crippen LogP contribution in [0.1, 0.15) is 18.9 Å². The molecule has 2 unspecified atom stereocenters. The summed E-state index contributed by atoms with van der Waals surface area (Å²) >= 11 is 0. The van der Waals surface area contributed by atoms with Gasteiger partial charge in [0.25, 0.3) is 0 Å². The van der Waals surface area contributed by atoms with Gasteiger partial charge in [0.15, 0.2) is 0 Å². The molecule has 1 amide bonds. The van der Waals surface area contributed by atoms with Crippen LogP contribution < -0.4 is 10.2 Å². The Morgan fingerprint density at radius 1 is 1.38 bits per heavy atom. The SMILES string of the molecule is CC(=O)N1N=C(c2ccc(N(C)C)cc2)CC1NC(CO)C(=O)O. The fourth-order valence-corrected chi connectivity index (χ4v) is 2.49. The smallest absolute Gasteiger partial charge is 0.323 e. The zero-order chi connectivity index (χ0) is 17.9. The van der Waals surface area contributed by atoms with E-state index in [0.717, 1.165) is 11.3 Å².